The minimum Gasteiger partial charge on any atom is -0.493 e. The molecule has 5 rings (SSSR count). The topological polar surface area (TPSA) is 79.1 Å². The molecular weight excluding hydrogens is 536 g/mol. The molecule has 2 heterocycles. The lowest BCUT2D eigenvalue weighted by atomic mass is 9.96. The van der Waals surface area contributed by atoms with Gasteiger partial charge in [-0.3, -0.25) is 9.36 Å². The maximum atomic E-state index is 13.7. The molecule has 0 amide bonds. The highest BCUT2D eigenvalue weighted by molar-refractivity contribution is 7.07. The summed E-state index contributed by atoms with van der Waals surface area (Å²) in [6.07, 6.45) is 1.78. The Labute approximate surface area is 233 Å². The normalized spacial score (nSPS) is 15.0. The van der Waals surface area contributed by atoms with E-state index in [1.54, 1.807) is 36.8 Å². The van der Waals surface area contributed by atoms with Gasteiger partial charge in [0.1, 0.15) is 6.61 Å². The third kappa shape index (κ3) is 5.26. The second-order valence-corrected chi connectivity index (χ2v) is 10.2. The number of allylic oxidation sites excluding steroid dienone is 1. The van der Waals surface area contributed by atoms with Crippen molar-refractivity contribution in [3.63, 3.8) is 0 Å². The summed E-state index contributed by atoms with van der Waals surface area (Å²) in [5.74, 6) is 0.560. The molecule has 0 saturated heterocycles. The summed E-state index contributed by atoms with van der Waals surface area (Å²) < 4.78 is 18.6. The number of methoxy groups -OCH3 is 2. The van der Waals surface area contributed by atoms with Crippen molar-refractivity contribution in [2.75, 3.05) is 14.2 Å². The van der Waals surface area contributed by atoms with Gasteiger partial charge in [0.25, 0.3) is 5.56 Å². The summed E-state index contributed by atoms with van der Waals surface area (Å²) in [6, 6.07) is 21.7. The fourth-order valence-corrected chi connectivity index (χ4v) is 5.70. The van der Waals surface area contributed by atoms with E-state index in [-0.39, 0.29) is 12.2 Å². The van der Waals surface area contributed by atoms with Crippen LogP contribution in [0.1, 0.15) is 29.7 Å². The van der Waals surface area contributed by atoms with Gasteiger partial charge < -0.3 is 14.2 Å². The number of halogens is 1. The molecule has 7 nitrogen and oxygen atoms in total. The average Bonchev–Trinajstić information content (AvgIpc) is 3.26. The highest BCUT2D eigenvalue weighted by atomic mass is 35.5. The molecule has 39 heavy (non-hydrogen) atoms. The van der Waals surface area contributed by atoms with Crippen molar-refractivity contribution in [3.8, 4) is 11.5 Å². The van der Waals surface area contributed by atoms with E-state index >= 15 is 0 Å². The van der Waals surface area contributed by atoms with Crippen LogP contribution in [0.4, 0.5) is 0 Å². The van der Waals surface area contributed by atoms with Gasteiger partial charge in [-0.1, -0.05) is 77.5 Å². The number of fused-ring (bicyclic) bond motifs is 1. The summed E-state index contributed by atoms with van der Waals surface area (Å²) in [5, 5.41) is 0.628. The Morgan fingerprint density at radius 3 is 2.51 bits per heavy atom. The first-order chi connectivity index (χ1) is 18.9. The number of nitrogens with zero attached hydrogens (tertiary/aromatic N) is 2. The van der Waals surface area contributed by atoms with Crippen molar-refractivity contribution in [3.05, 3.63) is 125 Å². The Hall–Kier alpha value is -4.14. The highest BCUT2D eigenvalue weighted by Crippen LogP contribution is 2.31. The number of esters is 1. The molecule has 1 aliphatic rings. The zero-order valence-electron chi connectivity index (χ0n) is 21.5. The summed E-state index contributed by atoms with van der Waals surface area (Å²) in [4.78, 5) is 31.6. The number of carbonyl (C=O) groups excluding carboxylic acids is 1. The van der Waals surface area contributed by atoms with E-state index in [1.807, 2.05) is 60.7 Å². The van der Waals surface area contributed by atoms with Crippen LogP contribution in [-0.2, 0) is 16.1 Å². The molecule has 0 bridgehead atoms. The SMILES string of the molecule is COC(=O)C1=C(C)N=c2s/c(=C\c3ccc(OCc4ccccc4Cl)c(OC)c3)c(=O)n2[C@H]1c1ccccc1. The van der Waals surface area contributed by atoms with Gasteiger partial charge in [-0.25, -0.2) is 9.79 Å². The van der Waals surface area contributed by atoms with Crippen LogP contribution in [0.3, 0.4) is 0 Å². The first-order valence-corrected chi connectivity index (χ1v) is 13.3. The van der Waals surface area contributed by atoms with Crippen molar-refractivity contribution >= 4 is 35.0 Å². The van der Waals surface area contributed by atoms with E-state index in [0.717, 1.165) is 16.7 Å². The molecule has 9 heteroatoms. The first-order valence-electron chi connectivity index (χ1n) is 12.1. The molecule has 4 aromatic rings. The second kappa shape index (κ2) is 11.3. The molecule has 198 valence electrons. The fourth-order valence-electron chi connectivity index (χ4n) is 4.46. The van der Waals surface area contributed by atoms with Gasteiger partial charge in [0.2, 0.25) is 0 Å². The predicted octanol–water partition coefficient (Wildman–Crippen LogP) is 4.65. The van der Waals surface area contributed by atoms with Gasteiger partial charge in [-0.05, 0) is 42.3 Å². The van der Waals surface area contributed by atoms with E-state index < -0.39 is 12.0 Å². The van der Waals surface area contributed by atoms with Crippen LogP contribution in [0.15, 0.2) is 93.9 Å². The number of thiazole rings is 1. The van der Waals surface area contributed by atoms with Crippen LogP contribution in [-0.4, -0.2) is 24.8 Å². The molecule has 0 spiro atoms. The van der Waals surface area contributed by atoms with Gasteiger partial charge in [0, 0.05) is 10.6 Å². The second-order valence-electron chi connectivity index (χ2n) is 8.77. The number of aromatic nitrogens is 1. The standard InChI is InChI=1S/C30H25ClN2O5S/c1-18-26(29(35)37-3)27(20-9-5-4-6-10-20)33-28(34)25(39-30(33)32-18)16-19-13-14-23(24(15-19)36-2)38-17-21-11-7-8-12-22(21)31/h4-16,27H,17H2,1-3H3/b25-16-/t27-/m0/s1. The number of rotatable bonds is 7. The van der Waals surface area contributed by atoms with Crippen LogP contribution in [0.25, 0.3) is 6.08 Å². The van der Waals surface area contributed by atoms with E-state index in [2.05, 4.69) is 4.99 Å². The Balaban J connectivity index is 1.54. The summed E-state index contributed by atoms with van der Waals surface area (Å²) in [7, 11) is 2.89. The molecule has 0 fully saturated rings. The molecule has 0 aliphatic carbocycles. The largest absolute Gasteiger partial charge is 0.493 e. The van der Waals surface area contributed by atoms with Crippen molar-refractivity contribution in [2.45, 2.75) is 19.6 Å². The molecule has 3 aromatic carbocycles. The van der Waals surface area contributed by atoms with E-state index in [1.165, 1.54) is 18.4 Å². The summed E-state index contributed by atoms with van der Waals surface area (Å²) in [5.41, 5.74) is 3.01. The van der Waals surface area contributed by atoms with Crippen LogP contribution >= 0.6 is 22.9 Å². The van der Waals surface area contributed by atoms with Gasteiger partial charge in [-0.15, -0.1) is 0 Å². The van der Waals surface area contributed by atoms with Crippen molar-refractivity contribution in [1.82, 2.24) is 4.57 Å². The minimum absolute atomic E-state index is 0.250. The molecule has 0 saturated carbocycles. The lowest BCUT2D eigenvalue weighted by Crippen LogP contribution is -2.39. The number of carbonyl (C=O) groups is 1. The summed E-state index contributed by atoms with van der Waals surface area (Å²) in [6.45, 7) is 2.04. The zero-order chi connectivity index (χ0) is 27.5. The maximum Gasteiger partial charge on any atom is 0.338 e. The number of benzene rings is 3. The Kier molecular flexibility index (Phi) is 7.67. The smallest absolute Gasteiger partial charge is 0.338 e. The predicted molar refractivity (Wildman–Crippen MR) is 151 cm³/mol. The van der Waals surface area contributed by atoms with Gasteiger partial charge in [0.05, 0.1) is 36.1 Å². The van der Waals surface area contributed by atoms with Crippen LogP contribution in [0.5, 0.6) is 11.5 Å². The minimum atomic E-state index is -0.646. The average molecular weight is 561 g/mol. The lowest BCUT2D eigenvalue weighted by Gasteiger charge is -2.24. The number of hydrogen-bond donors (Lipinski definition) is 0. The van der Waals surface area contributed by atoms with E-state index in [0.29, 0.717) is 37.1 Å². The van der Waals surface area contributed by atoms with Gasteiger partial charge in [0.15, 0.2) is 16.3 Å². The Bertz CT molecular complexity index is 1760. The molecule has 1 atom stereocenters. The maximum absolute atomic E-state index is 13.7. The Morgan fingerprint density at radius 2 is 1.79 bits per heavy atom. The van der Waals surface area contributed by atoms with Gasteiger partial charge in [-0.2, -0.15) is 0 Å². The highest BCUT2D eigenvalue weighted by Gasteiger charge is 2.32. The van der Waals surface area contributed by atoms with Crippen molar-refractivity contribution in [1.29, 1.82) is 0 Å². The monoisotopic (exact) mass is 560 g/mol. The fraction of sp³-hybridized carbons (Fsp3) is 0.167. The molecule has 1 aliphatic heterocycles. The van der Waals surface area contributed by atoms with E-state index in [4.69, 9.17) is 25.8 Å². The molecule has 0 unspecified atom stereocenters. The zero-order valence-corrected chi connectivity index (χ0v) is 23.1. The van der Waals surface area contributed by atoms with Crippen LogP contribution in [0.2, 0.25) is 5.02 Å². The third-order valence-corrected chi connectivity index (χ3v) is 7.72. The van der Waals surface area contributed by atoms with Crippen LogP contribution < -0.4 is 24.4 Å². The van der Waals surface area contributed by atoms with E-state index in [9.17, 15) is 9.59 Å². The number of ether oxygens (including phenoxy) is 3. The van der Waals surface area contributed by atoms with Crippen molar-refractivity contribution < 1.29 is 19.0 Å². The molecule has 0 radical (unpaired) electrons. The third-order valence-electron chi connectivity index (χ3n) is 6.37. The van der Waals surface area contributed by atoms with Crippen LogP contribution in [0, 0.1) is 0 Å². The quantitative estimate of drug-likeness (QED) is 0.307. The van der Waals surface area contributed by atoms with Gasteiger partial charge >= 0.3 is 5.97 Å². The lowest BCUT2D eigenvalue weighted by molar-refractivity contribution is -0.136. The van der Waals surface area contributed by atoms with Crippen molar-refractivity contribution in [2.24, 2.45) is 4.99 Å². The molecular formula is C30H25ClN2O5S. The first kappa shape index (κ1) is 26.5. The Morgan fingerprint density at radius 1 is 1.05 bits per heavy atom. The molecule has 0 N–H and O–H groups in total. The number of hydrogen-bond acceptors (Lipinski definition) is 7. The summed E-state index contributed by atoms with van der Waals surface area (Å²) >= 11 is 7.51. The molecule has 1 aromatic heterocycles.